The van der Waals surface area contributed by atoms with Crippen LogP contribution < -0.4 is 0 Å². The predicted molar refractivity (Wildman–Crippen MR) is 66.6 cm³/mol. The molecule has 0 spiro atoms. The topological polar surface area (TPSA) is 29.5 Å². The van der Waals surface area contributed by atoms with Gasteiger partial charge in [-0.05, 0) is 0 Å². The first-order valence-electron chi connectivity index (χ1n) is 5.91. The van der Waals surface area contributed by atoms with Crippen LogP contribution >= 0.6 is 0 Å². The van der Waals surface area contributed by atoms with Gasteiger partial charge in [0.2, 0.25) is 0 Å². The van der Waals surface area contributed by atoms with Gasteiger partial charge in [0.15, 0.2) is 0 Å². The third-order valence-corrected chi connectivity index (χ3v) is 5.52. The number of rotatable bonds is 5. The predicted octanol–water partition coefficient (Wildman–Crippen LogP) is 1.67. The van der Waals surface area contributed by atoms with Gasteiger partial charge in [0, 0.05) is 0 Å². The molecule has 1 heterocycles. The van der Waals surface area contributed by atoms with Gasteiger partial charge in [-0.2, -0.15) is 0 Å². The number of carbonyl (C=O) groups excluding carboxylic acids is 1. The van der Waals surface area contributed by atoms with Crippen LogP contribution in [0.5, 0.6) is 0 Å². The van der Waals surface area contributed by atoms with Crippen LogP contribution in [0, 0.1) is 0 Å². The third kappa shape index (κ3) is 5.34. The van der Waals surface area contributed by atoms with Gasteiger partial charge in [0.05, 0.1) is 0 Å². The normalized spacial score (nSPS) is 17.6. The Hall–Kier alpha value is -0.0404. The number of amides is 1. The molecule has 0 aromatic heterocycles. The summed E-state index contributed by atoms with van der Waals surface area (Å²) in [6.45, 7) is 7.19. The quantitative estimate of drug-likeness (QED) is 0.433. The van der Waals surface area contributed by atoms with Crippen molar-refractivity contribution in [2.75, 3.05) is 26.3 Å². The van der Waals surface area contributed by atoms with Crippen molar-refractivity contribution in [3.63, 3.8) is 0 Å². The molecule has 1 saturated heterocycles. The minimum atomic E-state index is -0.0934. The van der Waals surface area contributed by atoms with Gasteiger partial charge in [0.25, 0.3) is 0 Å². The summed E-state index contributed by atoms with van der Waals surface area (Å²) in [6, 6.07) is 0. The molecule has 0 atom stereocenters. The number of carbonyl (C=O) groups is 1. The Morgan fingerprint density at radius 2 is 2.12 bits per heavy atom. The van der Waals surface area contributed by atoms with E-state index in [0.717, 1.165) is 13.1 Å². The molecule has 92 valence electrons. The second-order valence-corrected chi connectivity index (χ2v) is 7.72. The maximum atomic E-state index is 11.9. The Labute approximate surface area is 108 Å². The first-order chi connectivity index (χ1) is 7.74. The van der Waals surface area contributed by atoms with E-state index in [1.165, 1.54) is 20.9 Å². The van der Waals surface area contributed by atoms with E-state index in [9.17, 15) is 4.79 Å². The van der Waals surface area contributed by atoms with E-state index in [0.29, 0.717) is 13.2 Å². The molecular formula is C12H21NO2Te. The Balaban J connectivity index is 2.32. The fraction of sp³-hybridized carbons (Fsp3) is 0.750. The average molecular weight is 339 g/mol. The molecule has 0 radical (unpaired) electrons. The fourth-order valence-electron chi connectivity index (χ4n) is 1.47. The van der Waals surface area contributed by atoms with Gasteiger partial charge in [0.1, 0.15) is 0 Å². The molecule has 0 bridgehead atoms. The zero-order valence-corrected chi connectivity index (χ0v) is 12.5. The van der Waals surface area contributed by atoms with Gasteiger partial charge < -0.3 is 0 Å². The molecule has 0 unspecified atom stereocenters. The summed E-state index contributed by atoms with van der Waals surface area (Å²) < 4.78 is 7.88. The summed E-state index contributed by atoms with van der Waals surface area (Å²) in [5.74, 6) is 0.183. The van der Waals surface area contributed by atoms with Crippen molar-refractivity contribution in [1.82, 2.24) is 4.90 Å². The van der Waals surface area contributed by atoms with Crippen molar-refractivity contribution in [3.8, 4) is 0 Å². The van der Waals surface area contributed by atoms with Crippen molar-refractivity contribution in [3.05, 3.63) is 9.70 Å². The van der Waals surface area contributed by atoms with E-state index in [1.54, 1.807) is 0 Å². The number of hydrogen-bond donors (Lipinski definition) is 0. The molecule has 0 aliphatic carbocycles. The van der Waals surface area contributed by atoms with Gasteiger partial charge in [-0.1, -0.05) is 0 Å². The summed E-state index contributed by atoms with van der Waals surface area (Å²) in [5.41, 5.74) is 0. The molecule has 1 aliphatic heterocycles. The molecule has 4 heteroatoms. The van der Waals surface area contributed by atoms with Gasteiger partial charge in [-0.25, -0.2) is 0 Å². The second-order valence-electron chi connectivity index (χ2n) is 3.89. The van der Waals surface area contributed by atoms with Crippen molar-refractivity contribution in [2.24, 2.45) is 0 Å². The molecule has 1 aliphatic rings. The standard InChI is InChI=1S/C12H21NO2Te/c1-3-4-9-16-11(2)10-12(14)13-5-7-15-8-6-13/h10H,3-9H2,1-2H3. The molecule has 1 rings (SSSR count). The molecule has 3 nitrogen and oxygen atoms in total. The fourth-order valence-corrected chi connectivity index (χ4v) is 4.15. The van der Waals surface area contributed by atoms with Crippen LogP contribution in [0.15, 0.2) is 9.70 Å². The number of unbranched alkanes of at least 4 members (excludes halogenated alkanes) is 1. The summed E-state index contributed by atoms with van der Waals surface area (Å²) in [5, 5.41) is 0. The van der Waals surface area contributed by atoms with E-state index in [-0.39, 0.29) is 26.8 Å². The zero-order valence-electron chi connectivity index (χ0n) is 10.2. The van der Waals surface area contributed by atoms with E-state index < -0.39 is 0 Å². The summed E-state index contributed by atoms with van der Waals surface area (Å²) in [4.78, 5) is 13.7. The van der Waals surface area contributed by atoms with Crippen LogP contribution in [0.3, 0.4) is 0 Å². The third-order valence-electron chi connectivity index (χ3n) is 2.48. The van der Waals surface area contributed by atoms with Crippen molar-refractivity contribution in [1.29, 1.82) is 0 Å². The minimum absolute atomic E-state index is 0.0934. The van der Waals surface area contributed by atoms with Crippen molar-refractivity contribution < 1.29 is 9.53 Å². The molecule has 1 fully saturated rings. The zero-order chi connectivity index (χ0) is 11.8. The van der Waals surface area contributed by atoms with E-state index in [4.69, 9.17) is 4.74 Å². The first kappa shape index (κ1) is 14.0. The number of allylic oxidation sites excluding steroid dienone is 1. The molecule has 16 heavy (non-hydrogen) atoms. The van der Waals surface area contributed by atoms with Crippen LogP contribution in [0.1, 0.15) is 26.7 Å². The van der Waals surface area contributed by atoms with Crippen LogP contribution in [-0.4, -0.2) is 58.0 Å². The second kappa shape index (κ2) is 8.11. The van der Waals surface area contributed by atoms with E-state index >= 15 is 0 Å². The van der Waals surface area contributed by atoms with Crippen LogP contribution in [-0.2, 0) is 9.53 Å². The number of hydrogen-bond acceptors (Lipinski definition) is 2. The number of morpholine rings is 1. The van der Waals surface area contributed by atoms with Gasteiger partial charge in [-0.15, -0.1) is 0 Å². The molecular weight excluding hydrogens is 318 g/mol. The Kier molecular flexibility index (Phi) is 7.11. The average Bonchev–Trinajstić information content (AvgIpc) is 2.30. The van der Waals surface area contributed by atoms with Crippen LogP contribution in [0.2, 0.25) is 4.47 Å². The Morgan fingerprint density at radius 1 is 1.44 bits per heavy atom. The summed E-state index contributed by atoms with van der Waals surface area (Å²) in [6.07, 6.45) is 4.41. The summed E-state index contributed by atoms with van der Waals surface area (Å²) >= 11 is -0.0934. The molecule has 1 amide bonds. The van der Waals surface area contributed by atoms with Gasteiger partial charge in [-0.3, -0.25) is 0 Å². The first-order valence-corrected chi connectivity index (χ1v) is 8.73. The summed E-state index contributed by atoms with van der Waals surface area (Å²) in [7, 11) is 0. The van der Waals surface area contributed by atoms with E-state index in [2.05, 4.69) is 13.8 Å². The monoisotopic (exact) mass is 341 g/mol. The van der Waals surface area contributed by atoms with Crippen molar-refractivity contribution >= 4 is 26.8 Å². The maximum absolute atomic E-state index is 11.9. The van der Waals surface area contributed by atoms with Crippen molar-refractivity contribution in [2.45, 2.75) is 31.2 Å². The van der Waals surface area contributed by atoms with E-state index in [1.807, 2.05) is 11.0 Å². The molecule has 0 aromatic rings. The SMILES string of the molecule is CCCC[Te]C(C)=CC(=O)N1CCOCC1. The molecule has 0 N–H and O–H groups in total. The molecule has 0 saturated carbocycles. The number of ether oxygens (including phenoxy) is 1. The number of nitrogens with zero attached hydrogens (tertiary/aromatic N) is 1. The van der Waals surface area contributed by atoms with Gasteiger partial charge >= 0.3 is 108 Å². The van der Waals surface area contributed by atoms with Crippen LogP contribution in [0.4, 0.5) is 0 Å². The Morgan fingerprint density at radius 3 is 2.75 bits per heavy atom. The Bertz CT molecular complexity index is 247. The van der Waals surface area contributed by atoms with Crippen LogP contribution in [0.25, 0.3) is 0 Å². The molecule has 0 aromatic carbocycles.